The van der Waals surface area contributed by atoms with Crippen molar-refractivity contribution < 1.29 is 55.3 Å². The van der Waals surface area contributed by atoms with E-state index in [0.29, 0.717) is 12.8 Å². The molecule has 2 saturated carbocycles. The average Bonchev–Trinajstić information content (AvgIpc) is 2.49. The van der Waals surface area contributed by atoms with Crippen LogP contribution in [0, 0.1) is 5.92 Å². The Kier molecular flexibility index (Phi) is 15.4. The molecule has 2 rings (SSSR count). The molecule has 7 N–H and O–H groups in total. The van der Waals surface area contributed by atoms with Crippen LogP contribution in [0.1, 0.15) is 44.9 Å². The van der Waals surface area contributed by atoms with Gasteiger partial charge in [-0.05, 0) is 46.2 Å². The molecule has 12 heteroatoms. The number of carboxylic acid groups (broad SMARTS) is 1. The summed E-state index contributed by atoms with van der Waals surface area (Å²) in [6.07, 6.45) is 5.99. The number of hydrogen-bond donors (Lipinski definition) is 5. The number of phosphoric acid groups is 1. The number of rotatable bonds is 2. The third-order valence-corrected chi connectivity index (χ3v) is 4.69. The molecule has 0 heterocycles. The third-order valence-electron chi connectivity index (χ3n) is 4.69. The molecule has 0 amide bonds. The van der Waals surface area contributed by atoms with E-state index < -0.39 is 25.8 Å². The number of carboxylic acids is 1. The fourth-order valence-electron chi connectivity index (χ4n) is 3.04. The van der Waals surface area contributed by atoms with Crippen LogP contribution in [0.2, 0.25) is 0 Å². The number of aliphatic carboxylic acids is 1. The number of aliphatic hydroxyl groups excluding tert-OH is 1. The van der Waals surface area contributed by atoms with E-state index in [1.807, 2.05) is 19.0 Å². The van der Waals surface area contributed by atoms with Gasteiger partial charge in [-0.3, -0.25) is 4.57 Å². The number of nitrogens with two attached hydrogens (primary N) is 2. The Morgan fingerprint density at radius 1 is 1.07 bits per heavy atom. The van der Waals surface area contributed by atoms with E-state index in [1.54, 1.807) is 0 Å². The molecule has 0 aromatic carbocycles. The Morgan fingerprint density at radius 3 is 1.78 bits per heavy atom. The Balaban J connectivity index is 0. The van der Waals surface area contributed by atoms with Crippen molar-refractivity contribution in [1.29, 1.82) is 0 Å². The summed E-state index contributed by atoms with van der Waals surface area (Å²) in [7, 11) is -1.04. The molecule has 27 heavy (non-hydrogen) atoms. The topological polar surface area (TPSA) is 196 Å². The number of carbonyl (C=O) groups excluding carboxylic acids is 1. The molecule has 3 unspecified atom stereocenters. The largest absolute Gasteiger partial charge is 2.00 e. The van der Waals surface area contributed by atoms with Gasteiger partial charge in [-0.25, -0.2) is 0 Å². The van der Waals surface area contributed by atoms with E-state index in [9.17, 15) is 15.0 Å². The fraction of sp³-hybridized carbons (Fsp3) is 0.933. The predicted octanol–water partition coefficient (Wildman–Crippen LogP) is -2.52. The van der Waals surface area contributed by atoms with E-state index in [2.05, 4.69) is 0 Å². The van der Waals surface area contributed by atoms with Crippen molar-refractivity contribution in [3.63, 3.8) is 0 Å². The summed E-state index contributed by atoms with van der Waals surface area (Å²) in [5, 5.41) is 20.0. The van der Waals surface area contributed by atoms with Crippen molar-refractivity contribution in [2.45, 2.75) is 69.2 Å². The van der Waals surface area contributed by atoms with Gasteiger partial charge in [-0.1, -0.05) is 12.8 Å². The first kappa shape index (κ1) is 29.3. The van der Waals surface area contributed by atoms with Gasteiger partial charge in [0.1, 0.15) is 0 Å². The van der Waals surface area contributed by atoms with Gasteiger partial charge in [-0.15, -0.1) is 0 Å². The molecule has 2 fully saturated rings. The summed E-state index contributed by atoms with van der Waals surface area (Å²) in [6.45, 7) is 0. The van der Waals surface area contributed by atoms with Crippen molar-refractivity contribution >= 4 is 13.8 Å². The van der Waals surface area contributed by atoms with Crippen LogP contribution in [0.5, 0.6) is 0 Å². The van der Waals surface area contributed by atoms with Gasteiger partial charge in [0.25, 0.3) is 7.82 Å². The Hall–Kier alpha value is 0.108. The van der Waals surface area contributed by atoms with Gasteiger partial charge in [0.05, 0.1) is 6.10 Å². The maximum atomic E-state index is 10.6. The monoisotopic (exact) mass is 592 g/mol. The molecule has 2 aliphatic carbocycles. The molecule has 2 aliphatic rings. The van der Waals surface area contributed by atoms with Crippen molar-refractivity contribution in [2.75, 3.05) is 14.1 Å². The fourth-order valence-corrected chi connectivity index (χ4v) is 3.04. The molecule has 0 spiro atoms. The second-order valence-corrected chi connectivity index (χ2v) is 8.01. The van der Waals surface area contributed by atoms with Crippen LogP contribution in [-0.2, 0) is 30.4 Å². The van der Waals surface area contributed by atoms with Crippen LogP contribution in [0.25, 0.3) is 0 Å². The minimum atomic E-state index is -4.89. The van der Waals surface area contributed by atoms with Crippen LogP contribution < -0.4 is 21.5 Å². The van der Waals surface area contributed by atoms with Crippen molar-refractivity contribution in [1.82, 2.24) is 4.90 Å². The Bertz CT molecular complexity index is 448. The second-order valence-electron chi connectivity index (χ2n) is 7.03. The SMILES string of the molecule is CN(C)C1CCC(O)C(C(=O)[O-])C1.N[C@H]1CCCC[C@@H]1N.O=P([O-])(O)O.[Pt+2]. The zero-order valence-electron chi connectivity index (χ0n) is 15.7. The van der Waals surface area contributed by atoms with E-state index >= 15 is 0 Å². The summed E-state index contributed by atoms with van der Waals surface area (Å²) < 4.78 is 8.77. The minimum Gasteiger partial charge on any atom is -0.756 e. The van der Waals surface area contributed by atoms with Gasteiger partial charge >= 0.3 is 21.1 Å². The molecule has 0 aliphatic heterocycles. The molecule has 5 atom stereocenters. The zero-order chi connectivity index (χ0) is 20.5. The first-order chi connectivity index (χ1) is 11.8. The Labute approximate surface area is 174 Å². The molecule has 0 aromatic rings. The van der Waals surface area contributed by atoms with E-state index in [1.165, 1.54) is 12.8 Å². The normalized spacial score (nSPS) is 30.8. The smallest absolute Gasteiger partial charge is 0.756 e. The molecule has 164 valence electrons. The zero-order valence-corrected chi connectivity index (χ0v) is 18.8. The summed E-state index contributed by atoms with van der Waals surface area (Å²) in [6, 6.07) is 0.818. The summed E-state index contributed by atoms with van der Waals surface area (Å²) in [4.78, 5) is 35.6. The van der Waals surface area contributed by atoms with Crippen LogP contribution >= 0.6 is 7.82 Å². The van der Waals surface area contributed by atoms with E-state index in [4.69, 9.17) is 30.7 Å². The standard InChI is InChI=1S/C9H17NO3.C6H14N2.H3O4P.Pt/c1-10(2)6-3-4-8(11)7(5-6)9(12)13;7-5-3-1-2-4-6(5)8;1-5(2,3)4;/h6-8,11H,3-5H2,1-2H3,(H,12,13);5-6H,1-4,7-8H2;(H3,1,2,3,4);/q;;;+2/p-2/t;5-,6-;;/m.0../s1. The number of aliphatic hydroxyl groups is 1. The van der Waals surface area contributed by atoms with Crippen LogP contribution in [0.15, 0.2) is 0 Å². The van der Waals surface area contributed by atoms with Gasteiger partial charge in [0, 0.05) is 30.0 Å². The van der Waals surface area contributed by atoms with Gasteiger partial charge in [0.15, 0.2) is 0 Å². The summed E-state index contributed by atoms with van der Waals surface area (Å²) >= 11 is 0. The van der Waals surface area contributed by atoms with Crippen molar-refractivity contribution in [2.24, 2.45) is 17.4 Å². The van der Waals surface area contributed by atoms with Crippen LogP contribution in [0.3, 0.4) is 0 Å². The first-order valence-electron chi connectivity index (χ1n) is 8.66. The number of hydrogen-bond acceptors (Lipinski definition) is 8. The van der Waals surface area contributed by atoms with Gasteiger partial charge in [0.2, 0.25) is 0 Å². The summed E-state index contributed by atoms with van der Waals surface area (Å²) in [5.74, 6) is -1.82. The quantitative estimate of drug-likeness (QED) is 0.214. The molecule has 0 radical (unpaired) electrons. The van der Waals surface area contributed by atoms with Crippen molar-refractivity contribution in [3.05, 3.63) is 0 Å². The Morgan fingerprint density at radius 2 is 1.48 bits per heavy atom. The predicted molar refractivity (Wildman–Crippen MR) is 92.3 cm³/mol. The molecule has 0 saturated heterocycles. The van der Waals surface area contributed by atoms with E-state index in [-0.39, 0.29) is 39.2 Å². The first-order valence-corrected chi connectivity index (χ1v) is 10.2. The molecular weight excluding hydrogens is 560 g/mol. The van der Waals surface area contributed by atoms with Crippen molar-refractivity contribution in [3.8, 4) is 0 Å². The number of nitrogens with zero attached hydrogens (tertiary/aromatic N) is 1. The molecule has 0 aromatic heterocycles. The maximum absolute atomic E-state index is 10.6. The maximum Gasteiger partial charge on any atom is 2.00 e. The van der Waals surface area contributed by atoms with Gasteiger partial charge < -0.3 is 46.1 Å². The van der Waals surface area contributed by atoms with Gasteiger partial charge in [-0.2, -0.15) is 0 Å². The average molecular weight is 592 g/mol. The van der Waals surface area contributed by atoms with Crippen LogP contribution in [0.4, 0.5) is 0 Å². The molecule has 10 nitrogen and oxygen atoms in total. The molecule has 0 bridgehead atoms. The number of carbonyl (C=O) groups is 1. The van der Waals surface area contributed by atoms with Crippen LogP contribution in [-0.4, -0.2) is 64.1 Å². The minimum absolute atomic E-state index is 0. The van der Waals surface area contributed by atoms with E-state index in [0.717, 1.165) is 19.3 Å². The summed E-state index contributed by atoms with van der Waals surface area (Å²) in [5.41, 5.74) is 11.3. The second kappa shape index (κ2) is 14.1. The molecular formula is C15H32N3O7PPt. The third kappa shape index (κ3) is 14.7.